The monoisotopic (exact) mass is 376 g/mol. The van der Waals surface area contributed by atoms with Crippen molar-refractivity contribution in [1.82, 2.24) is 4.98 Å². The Morgan fingerprint density at radius 1 is 1.15 bits per heavy atom. The third-order valence-corrected chi connectivity index (χ3v) is 5.09. The van der Waals surface area contributed by atoms with Gasteiger partial charge in [-0.05, 0) is 31.7 Å². The molecule has 0 radical (unpaired) electrons. The number of anilines is 1. The van der Waals surface area contributed by atoms with Gasteiger partial charge >= 0.3 is 0 Å². The van der Waals surface area contributed by atoms with Gasteiger partial charge in [-0.3, -0.25) is 9.59 Å². The van der Waals surface area contributed by atoms with Gasteiger partial charge in [0, 0.05) is 16.6 Å². The number of halogens is 2. The number of oxazole rings is 1. The van der Waals surface area contributed by atoms with E-state index < -0.39 is 23.0 Å². The molecule has 2 amide bonds. The molecule has 0 unspecified atom stereocenters. The highest BCUT2D eigenvalue weighted by Crippen LogP contribution is 2.42. The highest BCUT2D eigenvalue weighted by molar-refractivity contribution is 6.37. The summed E-state index contributed by atoms with van der Waals surface area (Å²) in [5.41, 5.74) is 0.613. The van der Waals surface area contributed by atoms with Gasteiger partial charge in [-0.2, -0.15) is 0 Å². The zero-order valence-electron chi connectivity index (χ0n) is 14.8. The second kappa shape index (κ2) is 5.64. The molecule has 0 atom stereocenters. The normalized spacial score (nSPS) is 18.3. The van der Waals surface area contributed by atoms with Crippen LogP contribution in [0, 0.1) is 5.82 Å². The van der Waals surface area contributed by atoms with Crippen LogP contribution in [0.1, 0.15) is 52.3 Å². The minimum atomic E-state index is -0.777. The molecule has 1 aromatic carbocycles. The minimum absolute atomic E-state index is 0.0291. The van der Waals surface area contributed by atoms with Gasteiger partial charge in [0.15, 0.2) is 11.4 Å². The Bertz CT molecular complexity index is 972. The average molecular weight is 377 g/mol. The average Bonchev–Trinajstić information content (AvgIpc) is 3.12. The Hall–Kier alpha value is -2.21. The number of fused-ring (bicyclic) bond motifs is 1. The van der Waals surface area contributed by atoms with Crippen molar-refractivity contribution in [3.8, 4) is 0 Å². The first-order chi connectivity index (χ1) is 12.2. The number of imide groups is 1. The van der Waals surface area contributed by atoms with Crippen LogP contribution in [0.25, 0.3) is 11.1 Å². The van der Waals surface area contributed by atoms with Crippen LogP contribution in [0.3, 0.4) is 0 Å². The standard InChI is InChI=1S/C19H18ClFN2O3/c1-19(2,3)18-22-13-11(20)8-12(21)14(15(13)26-18)23-16(24)9-6-4-5-7-10(9)17(23)25/h8H,4-7H2,1-3H3. The summed E-state index contributed by atoms with van der Waals surface area (Å²) < 4.78 is 20.6. The fourth-order valence-corrected chi connectivity index (χ4v) is 3.69. The van der Waals surface area contributed by atoms with Crippen molar-refractivity contribution in [3.05, 3.63) is 33.9 Å². The topological polar surface area (TPSA) is 63.4 Å². The van der Waals surface area contributed by atoms with Crippen molar-refractivity contribution in [1.29, 1.82) is 0 Å². The number of amides is 2. The molecular weight excluding hydrogens is 359 g/mol. The molecule has 2 aliphatic rings. The lowest BCUT2D eigenvalue weighted by molar-refractivity contribution is -0.120. The van der Waals surface area contributed by atoms with Crippen LogP contribution in [0.4, 0.5) is 10.1 Å². The van der Waals surface area contributed by atoms with E-state index in [1.807, 2.05) is 20.8 Å². The predicted octanol–water partition coefficient (Wildman–Crippen LogP) is 4.66. The van der Waals surface area contributed by atoms with Crippen LogP contribution in [0.5, 0.6) is 0 Å². The molecule has 2 heterocycles. The summed E-state index contributed by atoms with van der Waals surface area (Å²) in [6.45, 7) is 5.69. The lowest BCUT2D eigenvalue weighted by Gasteiger charge is -2.16. The van der Waals surface area contributed by atoms with E-state index in [2.05, 4.69) is 4.98 Å². The van der Waals surface area contributed by atoms with Gasteiger partial charge in [-0.15, -0.1) is 0 Å². The molecule has 5 nitrogen and oxygen atoms in total. The predicted molar refractivity (Wildman–Crippen MR) is 95.7 cm³/mol. The maximum atomic E-state index is 14.8. The quantitative estimate of drug-likeness (QED) is 0.679. The van der Waals surface area contributed by atoms with Crippen molar-refractivity contribution < 1.29 is 18.4 Å². The molecule has 0 N–H and O–H groups in total. The van der Waals surface area contributed by atoms with Gasteiger partial charge in [0.25, 0.3) is 11.8 Å². The number of benzene rings is 1. The molecule has 0 bridgehead atoms. The fraction of sp³-hybridized carbons (Fsp3) is 0.421. The Morgan fingerprint density at radius 3 is 2.27 bits per heavy atom. The van der Waals surface area contributed by atoms with Gasteiger partial charge in [-0.25, -0.2) is 14.3 Å². The van der Waals surface area contributed by atoms with Crippen LogP contribution < -0.4 is 4.90 Å². The van der Waals surface area contributed by atoms with Crippen LogP contribution in [0.2, 0.25) is 5.02 Å². The first kappa shape index (κ1) is 17.2. The summed E-state index contributed by atoms with van der Waals surface area (Å²) in [5.74, 6) is -1.36. The van der Waals surface area contributed by atoms with Crippen LogP contribution in [-0.4, -0.2) is 16.8 Å². The van der Waals surface area contributed by atoms with Crippen LogP contribution in [-0.2, 0) is 15.0 Å². The first-order valence-electron chi connectivity index (χ1n) is 8.60. The number of hydrogen-bond donors (Lipinski definition) is 0. The lowest BCUT2D eigenvalue weighted by atomic mass is 9.93. The molecule has 2 aromatic rings. The largest absolute Gasteiger partial charge is 0.438 e. The molecule has 26 heavy (non-hydrogen) atoms. The summed E-state index contributed by atoms with van der Waals surface area (Å²) in [5, 5.41) is 0.0808. The van der Waals surface area contributed by atoms with Crippen molar-refractivity contribution in [3.63, 3.8) is 0 Å². The van der Waals surface area contributed by atoms with E-state index in [4.69, 9.17) is 16.0 Å². The molecule has 1 aromatic heterocycles. The summed E-state index contributed by atoms with van der Waals surface area (Å²) >= 11 is 6.14. The van der Waals surface area contributed by atoms with E-state index >= 15 is 0 Å². The molecule has 1 aliphatic heterocycles. The van der Waals surface area contributed by atoms with Crippen LogP contribution in [0.15, 0.2) is 21.6 Å². The number of nitrogens with zero attached hydrogens (tertiary/aromatic N) is 2. The maximum Gasteiger partial charge on any atom is 0.261 e. The lowest BCUT2D eigenvalue weighted by Crippen LogP contribution is -2.32. The van der Waals surface area contributed by atoms with Crippen LogP contribution >= 0.6 is 11.6 Å². The van der Waals surface area contributed by atoms with E-state index in [1.165, 1.54) is 0 Å². The van der Waals surface area contributed by atoms with Crippen molar-refractivity contribution in [2.24, 2.45) is 0 Å². The third-order valence-electron chi connectivity index (χ3n) is 4.80. The Labute approximate surface area is 154 Å². The maximum absolute atomic E-state index is 14.8. The number of hydrogen-bond acceptors (Lipinski definition) is 4. The molecule has 136 valence electrons. The summed E-state index contributed by atoms with van der Waals surface area (Å²) in [6, 6.07) is 1.08. The van der Waals surface area contributed by atoms with Gasteiger partial charge < -0.3 is 4.42 Å². The second-order valence-electron chi connectivity index (χ2n) is 7.75. The zero-order chi connectivity index (χ0) is 18.8. The molecular formula is C19H18ClFN2O3. The van der Waals surface area contributed by atoms with Gasteiger partial charge in [-0.1, -0.05) is 32.4 Å². The minimum Gasteiger partial charge on any atom is -0.438 e. The molecule has 0 fully saturated rings. The molecule has 0 spiro atoms. The second-order valence-corrected chi connectivity index (χ2v) is 8.15. The Kier molecular flexibility index (Phi) is 3.74. The van der Waals surface area contributed by atoms with E-state index in [9.17, 15) is 14.0 Å². The first-order valence-corrected chi connectivity index (χ1v) is 8.97. The third kappa shape index (κ3) is 2.39. The van der Waals surface area contributed by atoms with Gasteiger partial charge in [0.05, 0.1) is 5.02 Å². The summed E-state index contributed by atoms with van der Waals surface area (Å²) in [6.07, 6.45) is 2.78. The fourth-order valence-electron chi connectivity index (χ4n) is 3.47. The molecule has 0 saturated heterocycles. The number of rotatable bonds is 1. The molecule has 4 rings (SSSR count). The smallest absolute Gasteiger partial charge is 0.261 e. The highest BCUT2D eigenvalue weighted by Gasteiger charge is 2.42. The zero-order valence-corrected chi connectivity index (χ0v) is 15.5. The van der Waals surface area contributed by atoms with Gasteiger partial charge in [0.1, 0.15) is 11.2 Å². The number of carbonyl (C=O) groups is 2. The number of aromatic nitrogens is 1. The number of carbonyl (C=O) groups excluding carboxylic acids is 2. The van der Waals surface area contributed by atoms with Crippen molar-refractivity contribution in [2.75, 3.05) is 4.90 Å². The van der Waals surface area contributed by atoms with Crippen molar-refractivity contribution in [2.45, 2.75) is 51.9 Å². The van der Waals surface area contributed by atoms with E-state index in [-0.39, 0.29) is 21.8 Å². The van der Waals surface area contributed by atoms with E-state index in [0.29, 0.717) is 29.9 Å². The summed E-state index contributed by atoms with van der Waals surface area (Å²) in [7, 11) is 0. The van der Waals surface area contributed by atoms with Crippen molar-refractivity contribution >= 4 is 40.2 Å². The van der Waals surface area contributed by atoms with E-state index in [0.717, 1.165) is 23.8 Å². The van der Waals surface area contributed by atoms with E-state index in [1.54, 1.807) is 0 Å². The van der Waals surface area contributed by atoms with Gasteiger partial charge in [0.2, 0.25) is 5.89 Å². The Balaban J connectivity index is 1.94. The molecule has 0 saturated carbocycles. The molecule has 7 heteroatoms. The molecule has 1 aliphatic carbocycles. The highest BCUT2D eigenvalue weighted by atomic mass is 35.5. The summed E-state index contributed by atoms with van der Waals surface area (Å²) in [4.78, 5) is 30.9. The Morgan fingerprint density at radius 2 is 1.73 bits per heavy atom. The SMILES string of the molecule is CC(C)(C)c1nc2c(Cl)cc(F)c(N3C(=O)C4=C(CCCC4)C3=O)c2o1.